The van der Waals surface area contributed by atoms with Crippen molar-refractivity contribution in [3.8, 4) is 5.69 Å². The number of halogens is 3. The Bertz CT molecular complexity index is 942. The molecule has 0 fully saturated rings. The number of nitrogens with zero attached hydrogens (tertiary/aromatic N) is 4. The lowest BCUT2D eigenvalue weighted by Gasteiger charge is -2.09. The molecular weight excluding hydrogens is 428 g/mol. The van der Waals surface area contributed by atoms with Crippen molar-refractivity contribution in [2.24, 2.45) is 0 Å². The van der Waals surface area contributed by atoms with E-state index in [0.29, 0.717) is 11.2 Å². The van der Waals surface area contributed by atoms with Gasteiger partial charge in [-0.3, -0.25) is 4.79 Å². The first-order valence-corrected chi connectivity index (χ1v) is 9.14. The Morgan fingerprint density at radius 3 is 2.85 bits per heavy atom. The first-order chi connectivity index (χ1) is 12.4. The van der Waals surface area contributed by atoms with Crippen molar-refractivity contribution in [3.05, 3.63) is 58.1 Å². The summed E-state index contributed by atoms with van der Waals surface area (Å²) in [7, 11) is 0. The third-order valence-electron chi connectivity index (χ3n) is 3.29. The Morgan fingerprint density at radius 2 is 2.12 bits per heavy atom. The van der Waals surface area contributed by atoms with Crippen molar-refractivity contribution in [2.75, 3.05) is 11.1 Å². The van der Waals surface area contributed by atoms with Crippen molar-refractivity contribution in [2.45, 2.75) is 12.1 Å². The molecule has 0 atom stereocenters. The van der Waals surface area contributed by atoms with Gasteiger partial charge in [-0.15, -0.1) is 5.10 Å². The highest BCUT2D eigenvalue weighted by atomic mass is 79.9. The van der Waals surface area contributed by atoms with Crippen LogP contribution in [0.15, 0.2) is 46.0 Å². The number of aryl methyl sites for hydroxylation is 1. The van der Waals surface area contributed by atoms with E-state index in [2.05, 4.69) is 36.8 Å². The van der Waals surface area contributed by atoms with Crippen LogP contribution in [0.25, 0.3) is 5.69 Å². The van der Waals surface area contributed by atoms with Crippen molar-refractivity contribution < 1.29 is 13.6 Å². The third kappa shape index (κ3) is 4.25. The Balaban J connectivity index is 1.69. The molecule has 1 aromatic heterocycles. The first kappa shape index (κ1) is 18.5. The minimum Gasteiger partial charge on any atom is -0.322 e. The van der Waals surface area contributed by atoms with E-state index >= 15 is 0 Å². The number of amides is 1. The quantitative estimate of drug-likeness (QED) is 0.612. The largest absolute Gasteiger partial charge is 0.322 e. The normalized spacial score (nSPS) is 10.8. The average molecular weight is 440 g/mol. The number of hydrogen-bond donors (Lipinski definition) is 1. The van der Waals surface area contributed by atoms with E-state index in [1.807, 2.05) is 31.2 Å². The summed E-state index contributed by atoms with van der Waals surface area (Å²) >= 11 is 4.13. The van der Waals surface area contributed by atoms with Gasteiger partial charge in [0.2, 0.25) is 11.1 Å². The minimum absolute atomic E-state index is 0.0462. The molecule has 3 aromatic rings. The predicted molar refractivity (Wildman–Crippen MR) is 97.3 cm³/mol. The smallest absolute Gasteiger partial charge is 0.234 e. The molecule has 1 amide bonds. The van der Waals surface area contributed by atoms with E-state index in [4.69, 9.17) is 0 Å². The number of benzene rings is 2. The van der Waals surface area contributed by atoms with Crippen LogP contribution in [0.3, 0.4) is 0 Å². The Morgan fingerprint density at radius 1 is 1.31 bits per heavy atom. The Kier molecular flexibility index (Phi) is 5.62. The van der Waals surface area contributed by atoms with Crippen molar-refractivity contribution >= 4 is 39.3 Å². The maximum Gasteiger partial charge on any atom is 0.234 e. The van der Waals surface area contributed by atoms with Gasteiger partial charge in [-0.1, -0.05) is 23.9 Å². The highest BCUT2D eigenvalue weighted by Gasteiger charge is 2.15. The summed E-state index contributed by atoms with van der Waals surface area (Å²) in [6.07, 6.45) is 0. The highest BCUT2D eigenvalue weighted by molar-refractivity contribution is 9.10. The molecule has 134 valence electrons. The first-order valence-electron chi connectivity index (χ1n) is 7.36. The fourth-order valence-corrected chi connectivity index (χ4v) is 3.36. The van der Waals surface area contributed by atoms with E-state index in [1.165, 1.54) is 4.68 Å². The van der Waals surface area contributed by atoms with Crippen molar-refractivity contribution in [1.82, 2.24) is 20.2 Å². The zero-order valence-electron chi connectivity index (χ0n) is 13.4. The monoisotopic (exact) mass is 439 g/mol. The van der Waals surface area contributed by atoms with Gasteiger partial charge in [0, 0.05) is 10.5 Å². The summed E-state index contributed by atoms with van der Waals surface area (Å²) in [5, 5.41) is 14.3. The van der Waals surface area contributed by atoms with Gasteiger partial charge >= 0.3 is 0 Å². The van der Waals surface area contributed by atoms with Gasteiger partial charge in [0.15, 0.2) is 5.82 Å². The molecule has 0 unspecified atom stereocenters. The van der Waals surface area contributed by atoms with Crippen LogP contribution in [0.2, 0.25) is 0 Å². The number of carbonyl (C=O) groups excluding carboxylic acids is 1. The molecule has 0 saturated carbocycles. The molecule has 1 heterocycles. The van der Waals surface area contributed by atoms with Gasteiger partial charge in [0.25, 0.3) is 0 Å². The molecule has 26 heavy (non-hydrogen) atoms. The van der Waals surface area contributed by atoms with E-state index < -0.39 is 17.5 Å². The maximum atomic E-state index is 13.8. The van der Waals surface area contributed by atoms with Crippen LogP contribution in [0.1, 0.15) is 5.56 Å². The third-order valence-corrected chi connectivity index (χ3v) is 4.84. The molecule has 0 radical (unpaired) electrons. The molecule has 0 bridgehead atoms. The zero-order chi connectivity index (χ0) is 18.7. The van der Waals surface area contributed by atoms with Crippen LogP contribution in [0.5, 0.6) is 0 Å². The summed E-state index contributed by atoms with van der Waals surface area (Å²) in [6, 6.07) is 9.35. The Labute approximate surface area is 160 Å². The van der Waals surface area contributed by atoms with Crippen LogP contribution in [0.4, 0.5) is 14.5 Å². The highest BCUT2D eigenvalue weighted by Crippen LogP contribution is 2.27. The summed E-state index contributed by atoms with van der Waals surface area (Å²) in [6.45, 7) is 1.95. The van der Waals surface area contributed by atoms with Crippen LogP contribution >= 0.6 is 27.7 Å². The summed E-state index contributed by atoms with van der Waals surface area (Å²) in [5.74, 6) is -2.12. The lowest BCUT2D eigenvalue weighted by Crippen LogP contribution is -2.16. The number of aromatic nitrogens is 4. The van der Waals surface area contributed by atoms with E-state index in [0.717, 1.165) is 29.1 Å². The average Bonchev–Trinajstić information content (AvgIpc) is 3.05. The molecule has 0 aliphatic rings. The fourth-order valence-electron chi connectivity index (χ4n) is 2.16. The summed E-state index contributed by atoms with van der Waals surface area (Å²) in [5.41, 5.74) is 1.70. The SMILES string of the molecule is Cc1cccc(-n2nnnc2SCC(=O)Nc2c(F)cc(F)cc2Br)c1. The molecule has 0 aliphatic carbocycles. The lowest BCUT2D eigenvalue weighted by atomic mass is 10.2. The number of rotatable bonds is 5. The number of tetrazole rings is 1. The standard InChI is InChI=1S/C16H12BrF2N5OS/c1-9-3-2-4-11(5-9)24-16(21-22-23-24)26-8-14(25)20-15-12(17)6-10(18)7-13(15)19/h2-7H,8H2,1H3,(H,20,25). The van der Waals surface area contributed by atoms with Crippen LogP contribution < -0.4 is 5.32 Å². The number of carbonyl (C=O) groups is 1. The molecule has 6 nitrogen and oxygen atoms in total. The zero-order valence-corrected chi connectivity index (χ0v) is 15.8. The molecular formula is C16H12BrF2N5OS. The van der Waals surface area contributed by atoms with Gasteiger partial charge in [0.05, 0.1) is 17.1 Å². The van der Waals surface area contributed by atoms with Gasteiger partial charge in [-0.25, -0.2) is 8.78 Å². The second-order valence-electron chi connectivity index (χ2n) is 5.29. The van der Waals surface area contributed by atoms with Crippen LogP contribution in [-0.2, 0) is 4.79 Å². The van der Waals surface area contributed by atoms with Gasteiger partial charge < -0.3 is 5.32 Å². The maximum absolute atomic E-state index is 13.8. The second-order valence-corrected chi connectivity index (χ2v) is 7.09. The van der Waals surface area contributed by atoms with Crippen molar-refractivity contribution in [1.29, 1.82) is 0 Å². The van der Waals surface area contributed by atoms with Gasteiger partial charge in [-0.05, 0) is 57.0 Å². The van der Waals surface area contributed by atoms with Gasteiger partial charge in [-0.2, -0.15) is 4.68 Å². The number of hydrogen-bond acceptors (Lipinski definition) is 5. The summed E-state index contributed by atoms with van der Waals surface area (Å²) < 4.78 is 28.5. The predicted octanol–water partition coefficient (Wildman–Crippen LogP) is 3.74. The molecule has 0 aliphatic heterocycles. The molecule has 0 saturated heterocycles. The number of thioether (sulfide) groups is 1. The molecule has 10 heteroatoms. The molecule has 1 N–H and O–H groups in total. The van der Waals surface area contributed by atoms with E-state index in [-0.39, 0.29) is 15.9 Å². The number of nitrogens with one attached hydrogen (secondary N) is 1. The Hall–Kier alpha value is -2.33. The summed E-state index contributed by atoms with van der Waals surface area (Å²) in [4.78, 5) is 12.1. The van der Waals surface area contributed by atoms with Crippen LogP contribution in [0, 0.1) is 18.6 Å². The molecule has 3 rings (SSSR count). The van der Waals surface area contributed by atoms with Crippen LogP contribution in [-0.4, -0.2) is 31.9 Å². The van der Waals surface area contributed by atoms with Crippen molar-refractivity contribution in [3.63, 3.8) is 0 Å². The van der Waals surface area contributed by atoms with E-state index in [9.17, 15) is 13.6 Å². The van der Waals surface area contributed by atoms with E-state index in [1.54, 1.807) is 0 Å². The topological polar surface area (TPSA) is 72.7 Å². The lowest BCUT2D eigenvalue weighted by molar-refractivity contribution is -0.113. The molecule has 0 spiro atoms. The van der Waals surface area contributed by atoms with Gasteiger partial charge in [0.1, 0.15) is 5.82 Å². The minimum atomic E-state index is -0.861. The second kappa shape index (κ2) is 7.92. The molecule has 2 aromatic carbocycles. The fraction of sp³-hybridized carbons (Fsp3) is 0.125. The number of anilines is 1.